The molecule has 0 bridgehead atoms. The monoisotopic (exact) mass is 860 g/mol. The SMILES string of the molecule is CC/C=C\C/C=C\C/C=C\C/C=C\CCCCCCCCCCCCCCC(=O)NC(COP(=O)(O)OCC[N+](C)(C)C)C(O)/C=C/CC/C=C/CC/C=C/CCCCC. The van der Waals surface area contributed by atoms with Crippen molar-refractivity contribution in [2.45, 2.75) is 193 Å². The quantitative estimate of drug-likeness (QED) is 0.0244. The number of hydrogen-bond donors (Lipinski definition) is 3. The van der Waals surface area contributed by atoms with Gasteiger partial charge in [-0.15, -0.1) is 0 Å². The number of unbranched alkanes of at least 4 members (excludes halogenated alkanes) is 17. The van der Waals surface area contributed by atoms with E-state index in [1.54, 1.807) is 6.08 Å². The predicted molar refractivity (Wildman–Crippen MR) is 258 cm³/mol. The van der Waals surface area contributed by atoms with Crippen molar-refractivity contribution < 1.29 is 32.9 Å². The Morgan fingerprint density at radius 3 is 1.53 bits per heavy atom. The molecule has 0 saturated heterocycles. The first-order valence-corrected chi connectivity index (χ1v) is 25.5. The highest BCUT2D eigenvalue weighted by molar-refractivity contribution is 7.47. The van der Waals surface area contributed by atoms with E-state index in [2.05, 4.69) is 92.1 Å². The van der Waals surface area contributed by atoms with Crippen LogP contribution >= 0.6 is 7.82 Å². The Morgan fingerprint density at radius 2 is 1.02 bits per heavy atom. The summed E-state index contributed by atoms with van der Waals surface area (Å²) in [6.45, 7) is 4.62. The smallest absolute Gasteiger partial charge is 0.387 e. The number of phosphoric acid groups is 1. The third kappa shape index (κ3) is 43.8. The van der Waals surface area contributed by atoms with Crippen molar-refractivity contribution in [1.82, 2.24) is 5.32 Å². The number of nitrogens with zero attached hydrogens (tertiary/aromatic N) is 1. The predicted octanol–water partition coefficient (Wildman–Crippen LogP) is 13.7. The van der Waals surface area contributed by atoms with E-state index in [1.165, 1.54) is 83.5 Å². The Hall–Kier alpha value is -2.32. The van der Waals surface area contributed by atoms with Crippen LogP contribution in [0.15, 0.2) is 85.1 Å². The molecule has 3 atom stereocenters. The molecule has 1 amide bonds. The lowest BCUT2D eigenvalue weighted by atomic mass is 10.0. The average molecular weight is 860 g/mol. The highest BCUT2D eigenvalue weighted by Gasteiger charge is 2.27. The number of carbonyl (C=O) groups is 1. The summed E-state index contributed by atoms with van der Waals surface area (Å²) < 4.78 is 23.5. The fourth-order valence-electron chi connectivity index (χ4n) is 6.30. The van der Waals surface area contributed by atoms with Crippen molar-refractivity contribution in [3.63, 3.8) is 0 Å². The van der Waals surface area contributed by atoms with E-state index in [9.17, 15) is 19.4 Å². The molecule has 60 heavy (non-hydrogen) atoms. The molecule has 0 heterocycles. The van der Waals surface area contributed by atoms with Gasteiger partial charge in [0.1, 0.15) is 13.2 Å². The van der Waals surface area contributed by atoms with E-state index >= 15 is 0 Å². The minimum absolute atomic E-state index is 0.0493. The second-order valence-corrected chi connectivity index (χ2v) is 18.5. The van der Waals surface area contributed by atoms with Crippen LogP contribution in [-0.2, 0) is 18.4 Å². The lowest BCUT2D eigenvalue weighted by Gasteiger charge is -2.25. The van der Waals surface area contributed by atoms with Crippen LogP contribution < -0.4 is 5.32 Å². The van der Waals surface area contributed by atoms with Crippen LogP contribution in [0, 0.1) is 0 Å². The molecule has 0 fully saturated rings. The Morgan fingerprint density at radius 1 is 0.583 bits per heavy atom. The van der Waals surface area contributed by atoms with Crippen molar-refractivity contribution in [3.8, 4) is 0 Å². The molecule has 0 aliphatic heterocycles. The highest BCUT2D eigenvalue weighted by Crippen LogP contribution is 2.43. The standard InChI is InChI=1S/C51H91N2O6P/c1-6-8-10-12-14-16-18-20-21-22-23-24-25-26-27-28-29-30-31-33-35-37-39-41-43-45-51(55)52-49(48-59-60(56,57)58-47-46-53(3,4)5)50(54)44-42-40-38-36-34-32-19-17-15-13-11-9-7-2/h8,10,14-17,20-21,23-24,34,36,42,44,49-50,54H,6-7,9,11-13,18-19,22,25-33,35,37-41,43,45-48H2,1-5H3,(H-,52,55,56,57)/p+1/b10-8-,16-14-,17-15+,21-20-,24-23-,36-34+,44-42+. The van der Waals surface area contributed by atoms with Crippen LogP contribution in [0.2, 0.25) is 0 Å². The maximum atomic E-state index is 12.9. The lowest BCUT2D eigenvalue weighted by Crippen LogP contribution is -2.45. The van der Waals surface area contributed by atoms with Gasteiger partial charge in [-0.2, -0.15) is 0 Å². The number of phosphoric ester groups is 1. The zero-order valence-electron chi connectivity index (χ0n) is 39.2. The maximum Gasteiger partial charge on any atom is 0.472 e. The molecule has 0 aromatic rings. The molecule has 0 aliphatic rings. The summed E-state index contributed by atoms with van der Waals surface area (Å²) >= 11 is 0. The normalized spacial score (nSPS) is 15.0. The van der Waals surface area contributed by atoms with Gasteiger partial charge in [0.25, 0.3) is 0 Å². The first-order valence-electron chi connectivity index (χ1n) is 24.0. The third-order valence-corrected chi connectivity index (χ3v) is 11.1. The number of aliphatic hydroxyl groups excluding tert-OH is 1. The van der Waals surface area contributed by atoms with Gasteiger partial charge in [-0.05, 0) is 83.5 Å². The topological polar surface area (TPSA) is 105 Å². The van der Waals surface area contributed by atoms with Gasteiger partial charge in [-0.25, -0.2) is 4.57 Å². The molecule has 0 spiro atoms. The highest BCUT2D eigenvalue weighted by atomic mass is 31.2. The lowest BCUT2D eigenvalue weighted by molar-refractivity contribution is -0.870. The van der Waals surface area contributed by atoms with Crippen LogP contribution in [0.4, 0.5) is 0 Å². The van der Waals surface area contributed by atoms with Gasteiger partial charge in [0, 0.05) is 6.42 Å². The summed E-state index contributed by atoms with van der Waals surface area (Å²) in [5.74, 6) is -0.199. The largest absolute Gasteiger partial charge is 0.472 e. The minimum Gasteiger partial charge on any atom is -0.387 e. The second kappa shape index (κ2) is 42.0. The number of quaternary nitrogens is 1. The van der Waals surface area contributed by atoms with Gasteiger partial charge in [0.15, 0.2) is 0 Å². The number of amides is 1. The van der Waals surface area contributed by atoms with E-state index < -0.39 is 20.0 Å². The molecule has 0 aliphatic carbocycles. The van der Waals surface area contributed by atoms with Crippen molar-refractivity contribution in [3.05, 3.63) is 85.1 Å². The molecule has 346 valence electrons. The Kier molecular flexibility index (Phi) is 40.4. The zero-order chi connectivity index (χ0) is 44.3. The van der Waals surface area contributed by atoms with E-state index in [4.69, 9.17) is 9.05 Å². The number of nitrogens with one attached hydrogen (secondary N) is 1. The summed E-state index contributed by atoms with van der Waals surface area (Å²) in [6.07, 6.45) is 58.1. The van der Waals surface area contributed by atoms with Gasteiger partial charge < -0.3 is 19.8 Å². The summed E-state index contributed by atoms with van der Waals surface area (Å²) in [5.41, 5.74) is 0. The molecule has 3 unspecified atom stereocenters. The fourth-order valence-corrected chi connectivity index (χ4v) is 7.03. The summed E-state index contributed by atoms with van der Waals surface area (Å²) in [6, 6.07) is -0.874. The number of allylic oxidation sites excluding steroid dienone is 13. The fraction of sp³-hybridized carbons (Fsp3) is 0.706. The zero-order valence-corrected chi connectivity index (χ0v) is 40.1. The minimum atomic E-state index is -4.35. The van der Waals surface area contributed by atoms with Gasteiger partial charge in [0.2, 0.25) is 5.91 Å². The number of likely N-dealkylation sites (N-methyl/N-ethyl adjacent to an activating group) is 1. The molecule has 0 rings (SSSR count). The van der Waals surface area contributed by atoms with Gasteiger partial charge in [-0.3, -0.25) is 13.8 Å². The Bertz CT molecular complexity index is 1250. The second-order valence-electron chi connectivity index (χ2n) is 17.1. The van der Waals surface area contributed by atoms with Crippen LogP contribution in [-0.4, -0.2) is 73.4 Å². The number of carbonyl (C=O) groups excluding carboxylic acids is 1. The molecule has 0 aromatic carbocycles. The Labute approximate surface area is 369 Å². The van der Waals surface area contributed by atoms with E-state index in [0.29, 0.717) is 17.4 Å². The van der Waals surface area contributed by atoms with Crippen molar-refractivity contribution in [2.75, 3.05) is 40.9 Å². The molecule has 9 heteroatoms. The molecule has 0 radical (unpaired) electrons. The van der Waals surface area contributed by atoms with Gasteiger partial charge >= 0.3 is 7.82 Å². The third-order valence-electron chi connectivity index (χ3n) is 10.1. The van der Waals surface area contributed by atoms with E-state index in [-0.39, 0.29) is 19.1 Å². The average Bonchev–Trinajstić information content (AvgIpc) is 3.20. The van der Waals surface area contributed by atoms with Crippen molar-refractivity contribution in [1.29, 1.82) is 0 Å². The Balaban J connectivity index is 4.31. The number of aliphatic hydroxyl groups is 1. The maximum absolute atomic E-state index is 12.9. The molecular weight excluding hydrogens is 768 g/mol. The van der Waals surface area contributed by atoms with Crippen LogP contribution in [0.1, 0.15) is 181 Å². The molecular formula is C51H92N2O6P+. The van der Waals surface area contributed by atoms with Gasteiger partial charge in [-0.1, -0.05) is 176 Å². The van der Waals surface area contributed by atoms with Crippen LogP contribution in [0.5, 0.6) is 0 Å². The first-order chi connectivity index (χ1) is 29.0. The molecule has 0 aromatic heterocycles. The number of rotatable bonds is 42. The van der Waals surface area contributed by atoms with Crippen LogP contribution in [0.25, 0.3) is 0 Å². The van der Waals surface area contributed by atoms with Crippen LogP contribution in [0.3, 0.4) is 0 Å². The summed E-state index contributed by atoms with van der Waals surface area (Å²) in [4.78, 5) is 23.1. The van der Waals surface area contributed by atoms with E-state index in [1.807, 2.05) is 27.2 Å². The van der Waals surface area contributed by atoms with Crippen molar-refractivity contribution in [2.24, 2.45) is 0 Å². The van der Waals surface area contributed by atoms with E-state index in [0.717, 1.165) is 77.0 Å². The molecule has 0 saturated carbocycles. The summed E-state index contributed by atoms with van der Waals surface area (Å²) in [5, 5.41) is 13.8. The molecule has 8 nitrogen and oxygen atoms in total. The summed E-state index contributed by atoms with van der Waals surface area (Å²) in [7, 11) is 1.53. The first kappa shape index (κ1) is 57.7. The van der Waals surface area contributed by atoms with Gasteiger partial charge in [0.05, 0.1) is 39.9 Å². The molecule has 3 N–H and O–H groups in total. The van der Waals surface area contributed by atoms with Crippen molar-refractivity contribution >= 4 is 13.7 Å². The number of hydrogen-bond acceptors (Lipinski definition) is 5.